The lowest BCUT2D eigenvalue weighted by atomic mass is 9.94. The van der Waals surface area contributed by atoms with Crippen LogP contribution < -0.4 is 65.1 Å². The number of nitrogens with two attached hydrogens (primary N) is 3. The molecule has 0 saturated heterocycles. The predicted octanol–water partition coefficient (Wildman–Crippen LogP) is 3.07. The molecule has 11 atom stereocenters. The molecule has 0 aromatic heterocycles. The highest BCUT2D eigenvalue weighted by Crippen LogP contribution is 2.33. The average molecular weight is 1460 g/mol. The van der Waals surface area contributed by atoms with Gasteiger partial charge in [-0.2, -0.15) is 13.2 Å². The highest BCUT2D eigenvalue weighted by molar-refractivity contribution is 5.85. The van der Waals surface area contributed by atoms with Crippen LogP contribution in [0.15, 0.2) is 66.7 Å². The van der Waals surface area contributed by atoms with E-state index in [4.69, 9.17) is 26.7 Å². The minimum Gasteiger partial charge on any atom is -0.481 e. The van der Waals surface area contributed by atoms with E-state index >= 15 is 0 Å². The van der Waals surface area contributed by atoms with Crippen molar-refractivity contribution in [1.29, 1.82) is 0 Å². The maximum Gasteiger partial charge on any atom is 0.416 e. The number of nitrogens with one attached hydrogen (secondary N) is 9. The van der Waals surface area contributed by atoms with Crippen molar-refractivity contribution in [2.45, 2.75) is 236 Å². The van der Waals surface area contributed by atoms with Crippen LogP contribution in [-0.2, 0) is 86.0 Å². The van der Waals surface area contributed by atoms with E-state index in [0.717, 1.165) is 11.6 Å². The van der Waals surface area contributed by atoms with Gasteiger partial charge in [0.15, 0.2) is 0 Å². The first kappa shape index (κ1) is 88.6. The second kappa shape index (κ2) is 48.4. The number of benzene rings is 2. The van der Waals surface area contributed by atoms with Crippen molar-refractivity contribution in [1.82, 2.24) is 47.9 Å². The molecule has 1 heterocycles. The van der Waals surface area contributed by atoms with Crippen LogP contribution in [0.2, 0.25) is 0 Å². The topological polar surface area (TPSA) is 470 Å². The molecule has 1 aliphatic heterocycles. The van der Waals surface area contributed by atoms with Gasteiger partial charge in [0, 0.05) is 119 Å². The monoisotopic (exact) mass is 1460 g/mol. The summed E-state index contributed by atoms with van der Waals surface area (Å²) in [5.74, 6) is -9.78. The molecule has 2 aromatic carbocycles. The summed E-state index contributed by atoms with van der Waals surface area (Å²) in [4.78, 5) is 159. The number of alkyl halides is 3. The lowest BCUT2D eigenvalue weighted by molar-refractivity contribution is -0.140. The van der Waals surface area contributed by atoms with Crippen molar-refractivity contribution in [3.8, 4) is 0 Å². The van der Waals surface area contributed by atoms with Crippen LogP contribution in [-0.4, -0.2) is 186 Å². The van der Waals surface area contributed by atoms with Gasteiger partial charge in [-0.05, 0) is 99.9 Å². The van der Waals surface area contributed by atoms with Gasteiger partial charge in [-0.15, -0.1) is 0 Å². The number of halogens is 3. The number of hydrogen-bond acceptors (Lipinski definition) is 17. The molecular weight excluding hydrogens is 1350 g/mol. The molecule has 3 rings (SSSR count). The molecule has 576 valence electrons. The molecular formula is C71H109F3N12O17. The summed E-state index contributed by atoms with van der Waals surface area (Å²) in [5, 5.41) is 53.2. The lowest BCUT2D eigenvalue weighted by Gasteiger charge is -2.27. The Morgan fingerprint density at radius 1 is 0.563 bits per heavy atom. The molecule has 1 aliphatic rings. The minimum atomic E-state index is -4.86. The fraction of sp³-hybridized carbons (Fsp3) is 0.634. The van der Waals surface area contributed by atoms with Gasteiger partial charge in [-0.1, -0.05) is 94.8 Å². The molecule has 9 amide bonds. The largest absolute Gasteiger partial charge is 0.481 e. The van der Waals surface area contributed by atoms with E-state index in [0.29, 0.717) is 38.6 Å². The van der Waals surface area contributed by atoms with Gasteiger partial charge in [0.05, 0.1) is 50.5 Å². The van der Waals surface area contributed by atoms with Crippen molar-refractivity contribution in [3.05, 3.63) is 83.4 Å². The average Bonchev–Trinajstić information content (AvgIpc) is 0.833. The third-order valence-electron chi connectivity index (χ3n) is 16.9. The molecule has 0 saturated carbocycles. The van der Waals surface area contributed by atoms with Crippen molar-refractivity contribution >= 4 is 71.1 Å². The normalized spacial score (nSPS) is 19.1. The summed E-state index contributed by atoms with van der Waals surface area (Å²) in [6, 6.07) is 4.14. The van der Waals surface area contributed by atoms with Crippen LogP contribution in [0.3, 0.4) is 0 Å². The van der Waals surface area contributed by atoms with Crippen LogP contribution in [0, 0.1) is 11.8 Å². The molecule has 0 fully saturated rings. The number of carboxylic acid groups (broad SMARTS) is 3. The molecule has 2 aromatic rings. The molecule has 29 nitrogen and oxygen atoms in total. The van der Waals surface area contributed by atoms with Gasteiger partial charge in [0.2, 0.25) is 53.2 Å². The van der Waals surface area contributed by atoms with Crippen LogP contribution in [0.4, 0.5) is 13.2 Å². The Balaban J connectivity index is 1.92. The molecule has 103 heavy (non-hydrogen) atoms. The van der Waals surface area contributed by atoms with Gasteiger partial charge in [0.25, 0.3) is 0 Å². The summed E-state index contributed by atoms with van der Waals surface area (Å²) in [5.41, 5.74) is 17.1. The second-order valence-corrected chi connectivity index (χ2v) is 26.8. The van der Waals surface area contributed by atoms with E-state index < -0.39 is 188 Å². The summed E-state index contributed by atoms with van der Waals surface area (Å²) in [6.45, 7) is 7.27. The van der Waals surface area contributed by atoms with E-state index in [1.54, 1.807) is 49.4 Å². The molecule has 0 spiro atoms. The zero-order chi connectivity index (χ0) is 76.4. The van der Waals surface area contributed by atoms with Crippen molar-refractivity contribution in [3.63, 3.8) is 0 Å². The fourth-order valence-electron chi connectivity index (χ4n) is 11.8. The highest BCUT2D eigenvalue weighted by atomic mass is 19.4. The van der Waals surface area contributed by atoms with Gasteiger partial charge < -0.3 is 89.8 Å². The Hall–Kier alpha value is -8.59. The standard InChI is InChI=1S/C71H109F3N12O17/c1-5-45(4)58(41-67(95)82-53(30-46-15-7-6-8-16-46)36-62(90)80-51(40-70(100)101)22-24-69(98)99)86-66(94)33-49(19-14-26-76)78-63(91)37-54(31-47-17-9-10-20-57(47)71(72,73)74)83-65(93)39-56-43-103-28-12-11-27-102-42-55(84-59(87)32-48(77)18-13-25-75)38-64(92)81-52(29-44(2)3)35-61(89)79-50(21-23-68(96)97)34-60(88)85-56/h6-12,15-17,20,44-45,48-56,58H,5,13-14,18-19,21-43,75-77H2,1-4H3,(H,78,91)(H,79,89)(H,80,90)(H,81,92)(H,82,95)(H,83,93)(H,84,87)(H,85,88)(H,86,94)(H,96,97)(H,98,99)(H,100,101)/b12-11+/t45-,48-,49-,50-,51-,52-,53-,54-,55+,56+,58+/m0/s1. The first-order valence-corrected chi connectivity index (χ1v) is 35.3. The molecule has 0 radical (unpaired) electrons. The van der Waals surface area contributed by atoms with Crippen molar-refractivity contribution < 1.29 is 95.5 Å². The molecule has 0 bridgehead atoms. The van der Waals surface area contributed by atoms with E-state index in [-0.39, 0.29) is 115 Å². The zero-order valence-electron chi connectivity index (χ0n) is 59.5. The number of carboxylic acids is 3. The maximum absolute atomic E-state index is 14.6. The summed E-state index contributed by atoms with van der Waals surface area (Å²) in [6.07, 6.45) is -4.80. The van der Waals surface area contributed by atoms with E-state index in [1.807, 2.05) is 20.8 Å². The number of hydrogen-bond donors (Lipinski definition) is 15. The zero-order valence-corrected chi connectivity index (χ0v) is 59.5. The van der Waals surface area contributed by atoms with Crippen molar-refractivity contribution in [2.75, 3.05) is 39.5 Å². The van der Waals surface area contributed by atoms with Crippen LogP contribution in [0.5, 0.6) is 0 Å². The summed E-state index contributed by atoms with van der Waals surface area (Å²) < 4.78 is 55.4. The number of rotatable bonds is 40. The third-order valence-corrected chi connectivity index (χ3v) is 16.9. The van der Waals surface area contributed by atoms with E-state index in [2.05, 4.69) is 47.9 Å². The van der Waals surface area contributed by atoms with Crippen LogP contribution >= 0.6 is 0 Å². The minimum absolute atomic E-state index is 0.0251. The second-order valence-electron chi connectivity index (χ2n) is 26.8. The van der Waals surface area contributed by atoms with E-state index in [9.17, 15) is 86.0 Å². The van der Waals surface area contributed by atoms with Crippen molar-refractivity contribution in [2.24, 2.45) is 29.0 Å². The summed E-state index contributed by atoms with van der Waals surface area (Å²) in [7, 11) is 0. The first-order valence-electron chi connectivity index (χ1n) is 35.3. The van der Waals surface area contributed by atoms with Gasteiger partial charge in [-0.3, -0.25) is 57.5 Å². The number of amides is 9. The number of ether oxygens (including phenoxy) is 2. The number of carbonyl (C=O) groups is 12. The smallest absolute Gasteiger partial charge is 0.416 e. The Labute approximate surface area is 599 Å². The SMILES string of the molecule is CC[C@H](C)[C@@H](CC(=O)N[C@H](CC(=O)N[C@@H](CCC(=O)O)CC(=O)O)Cc1ccccc1)NC(=O)C[C@H](CCCN)NC(=O)C[C@H](Cc1ccccc1C(F)(F)F)NC(=O)C[C@@H]1COC/C=C/COC[C@H](NC(=O)C[C@@H](N)CCCN)CC(=O)N[C@@H](CC(C)C)CC(=O)N[C@@H](CCC(=O)O)CC(=O)N1. The quantitative estimate of drug-likeness (QED) is 0.0426. The molecule has 0 unspecified atom stereocenters. The Bertz CT molecular complexity index is 3060. The highest BCUT2D eigenvalue weighted by Gasteiger charge is 2.35. The Morgan fingerprint density at radius 2 is 1.08 bits per heavy atom. The first-order chi connectivity index (χ1) is 48.8. The Kier molecular flexibility index (Phi) is 41.6. The number of aliphatic carboxylic acids is 3. The van der Waals surface area contributed by atoms with Crippen LogP contribution in [0.25, 0.3) is 0 Å². The number of carbonyl (C=O) groups excluding carboxylic acids is 9. The van der Waals surface area contributed by atoms with Gasteiger partial charge in [-0.25, -0.2) is 0 Å². The maximum atomic E-state index is 14.6. The molecule has 0 aliphatic carbocycles. The van der Waals surface area contributed by atoms with Crippen LogP contribution in [0.1, 0.15) is 173 Å². The van der Waals surface area contributed by atoms with Gasteiger partial charge in [0.1, 0.15) is 0 Å². The van der Waals surface area contributed by atoms with Gasteiger partial charge >= 0.3 is 24.1 Å². The summed E-state index contributed by atoms with van der Waals surface area (Å²) >= 11 is 0. The fourth-order valence-corrected chi connectivity index (χ4v) is 11.8. The lowest BCUT2D eigenvalue weighted by Crippen LogP contribution is -2.49. The Morgan fingerprint density at radius 3 is 1.68 bits per heavy atom. The molecule has 32 heteroatoms. The van der Waals surface area contributed by atoms with E-state index in [1.165, 1.54) is 18.2 Å². The molecule has 18 N–H and O–H groups in total. The predicted molar refractivity (Wildman–Crippen MR) is 374 cm³/mol. The third kappa shape index (κ3) is 40.2.